The van der Waals surface area contributed by atoms with Crippen LogP contribution in [0.3, 0.4) is 0 Å². The Morgan fingerprint density at radius 1 is 1.24 bits per heavy atom. The molecule has 2 fully saturated rings. The van der Waals surface area contributed by atoms with Gasteiger partial charge in [0.05, 0.1) is 12.2 Å². The Labute approximate surface area is 169 Å². The van der Waals surface area contributed by atoms with E-state index in [1.54, 1.807) is 17.1 Å². The van der Waals surface area contributed by atoms with E-state index in [2.05, 4.69) is 44.3 Å². The van der Waals surface area contributed by atoms with Gasteiger partial charge in [-0.05, 0) is 12.5 Å². The van der Waals surface area contributed by atoms with E-state index >= 15 is 0 Å². The molecule has 0 bridgehead atoms. The number of nitrogens with zero attached hydrogens (tertiary/aromatic N) is 6. The van der Waals surface area contributed by atoms with Gasteiger partial charge in [0.15, 0.2) is 5.82 Å². The van der Waals surface area contributed by atoms with Crippen molar-refractivity contribution < 1.29 is 9.32 Å². The zero-order valence-corrected chi connectivity index (χ0v) is 16.7. The van der Waals surface area contributed by atoms with Crippen molar-refractivity contribution >= 4 is 5.91 Å². The second-order valence-corrected chi connectivity index (χ2v) is 8.34. The number of aromatic nitrogens is 4. The number of benzene rings is 1. The molecule has 0 N–H and O–H groups in total. The van der Waals surface area contributed by atoms with Gasteiger partial charge in [0.2, 0.25) is 5.89 Å². The summed E-state index contributed by atoms with van der Waals surface area (Å²) in [5.41, 5.74) is 1.72. The Morgan fingerprint density at radius 2 is 2.03 bits per heavy atom. The molecule has 8 nitrogen and oxygen atoms in total. The van der Waals surface area contributed by atoms with E-state index in [0.29, 0.717) is 30.5 Å². The second kappa shape index (κ2) is 6.81. The van der Waals surface area contributed by atoms with Gasteiger partial charge in [-0.25, -0.2) is 4.98 Å². The van der Waals surface area contributed by atoms with Crippen LogP contribution in [0.15, 0.2) is 47.4 Å². The number of likely N-dealkylation sites (tertiary alicyclic amines) is 2. The quantitative estimate of drug-likeness (QED) is 0.674. The summed E-state index contributed by atoms with van der Waals surface area (Å²) >= 11 is 0. The Morgan fingerprint density at radius 3 is 2.69 bits per heavy atom. The van der Waals surface area contributed by atoms with E-state index in [-0.39, 0.29) is 17.2 Å². The maximum absolute atomic E-state index is 12.8. The van der Waals surface area contributed by atoms with Crippen molar-refractivity contribution in [1.29, 1.82) is 0 Å². The summed E-state index contributed by atoms with van der Waals surface area (Å²) in [7, 11) is 1.87. The summed E-state index contributed by atoms with van der Waals surface area (Å²) in [5.74, 6) is 1.44. The topological polar surface area (TPSA) is 80.3 Å². The smallest absolute Gasteiger partial charge is 0.274 e. The van der Waals surface area contributed by atoms with Crippen molar-refractivity contribution in [3.8, 4) is 0 Å². The largest absolute Gasteiger partial charge is 0.340 e. The van der Waals surface area contributed by atoms with Crippen LogP contribution in [0.4, 0.5) is 0 Å². The molecule has 29 heavy (non-hydrogen) atoms. The predicted octanol–water partition coefficient (Wildman–Crippen LogP) is 1.85. The van der Waals surface area contributed by atoms with Crippen LogP contribution in [0.1, 0.15) is 33.7 Å². The van der Waals surface area contributed by atoms with Gasteiger partial charge >= 0.3 is 0 Å². The van der Waals surface area contributed by atoms with Crippen molar-refractivity contribution in [1.82, 2.24) is 29.5 Å². The minimum absolute atomic E-state index is 0.0156. The minimum atomic E-state index is -0.0573. The first kappa shape index (κ1) is 18.1. The zero-order chi connectivity index (χ0) is 20.0. The van der Waals surface area contributed by atoms with Crippen molar-refractivity contribution in [3.05, 3.63) is 65.8 Å². The van der Waals surface area contributed by atoms with Crippen LogP contribution in [0, 0.1) is 12.3 Å². The van der Waals surface area contributed by atoms with E-state index in [4.69, 9.17) is 4.52 Å². The summed E-state index contributed by atoms with van der Waals surface area (Å²) in [6.07, 6.45) is 3.42. The molecule has 1 amide bonds. The lowest BCUT2D eigenvalue weighted by Gasteiger charge is -2.50. The fourth-order valence-electron chi connectivity index (χ4n) is 4.69. The van der Waals surface area contributed by atoms with Gasteiger partial charge in [-0.2, -0.15) is 4.98 Å². The fraction of sp³-hybridized carbons (Fsp3) is 0.429. The average molecular weight is 392 g/mol. The summed E-state index contributed by atoms with van der Waals surface area (Å²) in [6.45, 7) is 5.83. The van der Waals surface area contributed by atoms with Crippen LogP contribution >= 0.6 is 0 Å². The standard InChI is InChI=1S/C21H24N6O2/c1-15-23-19(29-24-15)17-9-26(8-16-6-4-3-5-7-16)11-21(17)12-27(13-21)20(28)18-10-25(2)14-22-18/h3-7,10,14,17H,8-9,11-13H2,1-2H3. The molecule has 2 saturated heterocycles. The van der Waals surface area contributed by atoms with Gasteiger partial charge in [-0.1, -0.05) is 35.5 Å². The van der Waals surface area contributed by atoms with Gasteiger partial charge in [-0.15, -0.1) is 0 Å². The lowest BCUT2D eigenvalue weighted by Crippen LogP contribution is -2.61. The minimum Gasteiger partial charge on any atom is -0.340 e. The Bertz CT molecular complexity index is 1020. The first-order valence-corrected chi connectivity index (χ1v) is 9.86. The molecule has 1 spiro atoms. The first-order chi connectivity index (χ1) is 14.0. The maximum atomic E-state index is 12.8. The lowest BCUT2D eigenvalue weighted by atomic mass is 9.71. The predicted molar refractivity (Wildman–Crippen MR) is 105 cm³/mol. The molecule has 2 aliphatic heterocycles. The Balaban J connectivity index is 1.36. The molecular weight excluding hydrogens is 368 g/mol. The molecule has 8 heteroatoms. The first-order valence-electron chi connectivity index (χ1n) is 9.86. The number of carbonyl (C=O) groups excluding carboxylic acids is 1. The molecule has 0 aliphatic carbocycles. The zero-order valence-electron chi connectivity index (χ0n) is 16.7. The van der Waals surface area contributed by atoms with Crippen LogP contribution in [0.2, 0.25) is 0 Å². The third kappa shape index (κ3) is 3.23. The normalized spacial score (nSPS) is 20.9. The highest BCUT2D eigenvalue weighted by molar-refractivity contribution is 5.92. The summed E-state index contributed by atoms with van der Waals surface area (Å²) in [5, 5.41) is 4.00. The highest BCUT2D eigenvalue weighted by Crippen LogP contribution is 2.49. The Kier molecular flexibility index (Phi) is 4.24. The van der Waals surface area contributed by atoms with Gasteiger partial charge < -0.3 is 14.0 Å². The van der Waals surface area contributed by atoms with Crippen molar-refractivity contribution in [2.24, 2.45) is 12.5 Å². The lowest BCUT2D eigenvalue weighted by molar-refractivity contribution is -0.00163. The maximum Gasteiger partial charge on any atom is 0.274 e. The highest BCUT2D eigenvalue weighted by Gasteiger charge is 2.57. The van der Waals surface area contributed by atoms with Crippen LogP contribution < -0.4 is 0 Å². The van der Waals surface area contributed by atoms with Gasteiger partial charge in [-0.3, -0.25) is 9.69 Å². The number of hydrogen-bond donors (Lipinski definition) is 0. The van der Waals surface area contributed by atoms with Crippen LogP contribution in [0.25, 0.3) is 0 Å². The van der Waals surface area contributed by atoms with E-state index in [0.717, 1.165) is 19.6 Å². The average Bonchev–Trinajstić information content (AvgIpc) is 3.39. The third-order valence-electron chi connectivity index (χ3n) is 6.03. The summed E-state index contributed by atoms with van der Waals surface area (Å²) in [6, 6.07) is 10.5. The fourth-order valence-corrected chi connectivity index (χ4v) is 4.69. The van der Waals surface area contributed by atoms with Gasteiger partial charge in [0, 0.05) is 51.4 Å². The molecule has 2 aliphatic rings. The van der Waals surface area contributed by atoms with E-state index in [1.165, 1.54) is 5.56 Å². The monoisotopic (exact) mass is 392 g/mol. The Hall–Kier alpha value is -3.00. The SMILES string of the molecule is Cc1noc(C2CN(Cc3ccccc3)CC23CN(C(=O)c2cn(C)cn2)C3)n1. The van der Waals surface area contributed by atoms with Crippen molar-refractivity contribution in [2.75, 3.05) is 26.2 Å². The van der Waals surface area contributed by atoms with Gasteiger partial charge in [0.1, 0.15) is 5.69 Å². The van der Waals surface area contributed by atoms with Gasteiger partial charge in [0.25, 0.3) is 5.91 Å². The number of carbonyl (C=O) groups is 1. The van der Waals surface area contributed by atoms with Crippen molar-refractivity contribution in [2.45, 2.75) is 19.4 Å². The van der Waals surface area contributed by atoms with E-state index in [9.17, 15) is 4.79 Å². The number of aryl methyl sites for hydroxylation is 2. The number of rotatable bonds is 4. The third-order valence-corrected chi connectivity index (χ3v) is 6.03. The molecule has 0 saturated carbocycles. The molecule has 4 heterocycles. The number of imidazole rings is 1. The number of hydrogen-bond acceptors (Lipinski definition) is 6. The molecule has 5 rings (SSSR count). The summed E-state index contributed by atoms with van der Waals surface area (Å²) < 4.78 is 7.35. The molecule has 1 aromatic carbocycles. The molecule has 150 valence electrons. The van der Waals surface area contributed by atoms with E-state index < -0.39 is 0 Å². The number of amides is 1. The molecule has 0 radical (unpaired) electrons. The highest BCUT2D eigenvalue weighted by atomic mass is 16.5. The molecule has 3 aromatic rings. The van der Waals surface area contributed by atoms with Crippen molar-refractivity contribution in [3.63, 3.8) is 0 Å². The van der Waals surface area contributed by atoms with Crippen LogP contribution in [-0.4, -0.2) is 61.6 Å². The summed E-state index contributed by atoms with van der Waals surface area (Å²) in [4.78, 5) is 25.8. The molecule has 2 aromatic heterocycles. The second-order valence-electron chi connectivity index (χ2n) is 8.34. The van der Waals surface area contributed by atoms with E-state index in [1.807, 2.05) is 24.9 Å². The molecular formula is C21H24N6O2. The van der Waals surface area contributed by atoms with Crippen LogP contribution in [-0.2, 0) is 13.6 Å². The molecule has 1 atom stereocenters. The van der Waals surface area contributed by atoms with Crippen LogP contribution in [0.5, 0.6) is 0 Å². The molecule has 1 unspecified atom stereocenters.